The van der Waals surface area contributed by atoms with E-state index >= 15 is 0 Å². The molecule has 0 aromatic carbocycles. The zero-order valence-corrected chi connectivity index (χ0v) is 6.85. The second-order valence-electron chi connectivity index (χ2n) is 1.83. The molecule has 2 aromatic rings. The lowest BCUT2D eigenvalue weighted by atomic mass is 10.5. The zero-order chi connectivity index (χ0) is 7.68. The van der Waals surface area contributed by atoms with E-state index in [2.05, 4.69) is 20.4 Å². The molecule has 56 valence electrons. The normalized spacial score (nSPS) is 10.3. The van der Waals surface area contributed by atoms with Crippen molar-refractivity contribution in [1.29, 1.82) is 0 Å². The summed E-state index contributed by atoms with van der Waals surface area (Å²) in [5.74, 6) is 0. The third-order valence-corrected chi connectivity index (χ3v) is 2.30. The summed E-state index contributed by atoms with van der Waals surface area (Å²) >= 11 is 7.06. The lowest BCUT2D eigenvalue weighted by Crippen LogP contribution is -1.74. The van der Waals surface area contributed by atoms with Crippen molar-refractivity contribution >= 4 is 22.9 Å². The topological polar surface area (TPSA) is 54.5 Å². The molecule has 0 fully saturated rings. The number of nitrogens with one attached hydrogen (secondary N) is 1. The third kappa shape index (κ3) is 1.24. The molecule has 11 heavy (non-hydrogen) atoms. The van der Waals surface area contributed by atoms with Crippen LogP contribution in [0, 0.1) is 0 Å². The molecular formula is C5H3ClN4S. The van der Waals surface area contributed by atoms with Crippen molar-refractivity contribution in [3.8, 4) is 10.7 Å². The summed E-state index contributed by atoms with van der Waals surface area (Å²) < 4.78 is 0. The van der Waals surface area contributed by atoms with Crippen LogP contribution in [0.2, 0.25) is 5.15 Å². The number of nitrogens with zero attached hydrogens (tertiary/aromatic N) is 3. The predicted molar refractivity (Wildman–Crippen MR) is 42.5 cm³/mol. The first kappa shape index (κ1) is 6.75. The number of H-pyrrole nitrogens is 1. The molecule has 2 rings (SSSR count). The molecular weight excluding hydrogens is 184 g/mol. The number of aromatic nitrogens is 4. The Morgan fingerprint density at radius 3 is 3.00 bits per heavy atom. The second-order valence-corrected chi connectivity index (χ2v) is 3.08. The van der Waals surface area contributed by atoms with E-state index in [0.29, 0.717) is 5.15 Å². The average molecular weight is 187 g/mol. The highest BCUT2D eigenvalue weighted by atomic mass is 35.5. The molecule has 0 bridgehead atoms. The fourth-order valence-electron chi connectivity index (χ4n) is 0.676. The van der Waals surface area contributed by atoms with Crippen LogP contribution in [0.3, 0.4) is 0 Å². The fraction of sp³-hybridized carbons (Fsp3) is 0. The Kier molecular flexibility index (Phi) is 1.59. The minimum absolute atomic E-state index is 0.494. The maximum absolute atomic E-state index is 5.62. The Morgan fingerprint density at radius 2 is 2.45 bits per heavy atom. The first-order valence-corrected chi connectivity index (χ1v) is 4.09. The zero-order valence-electron chi connectivity index (χ0n) is 5.28. The summed E-state index contributed by atoms with van der Waals surface area (Å²) in [6.07, 6.45) is 1.61. The van der Waals surface area contributed by atoms with Crippen LogP contribution in [-0.2, 0) is 0 Å². The van der Waals surface area contributed by atoms with Crippen molar-refractivity contribution in [2.45, 2.75) is 0 Å². The van der Waals surface area contributed by atoms with Crippen LogP contribution in [0.1, 0.15) is 0 Å². The molecule has 0 amide bonds. The van der Waals surface area contributed by atoms with Crippen LogP contribution in [-0.4, -0.2) is 20.4 Å². The molecule has 0 atom stereocenters. The molecule has 2 aromatic heterocycles. The second kappa shape index (κ2) is 2.60. The van der Waals surface area contributed by atoms with Gasteiger partial charge in [-0.2, -0.15) is 15.4 Å². The van der Waals surface area contributed by atoms with Crippen LogP contribution in [0.4, 0.5) is 0 Å². The van der Waals surface area contributed by atoms with Crippen LogP contribution in [0.15, 0.2) is 11.6 Å². The minimum atomic E-state index is 0.494. The summed E-state index contributed by atoms with van der Waals surface area (Å²) in [6, 6.07) is 0. The quantitative estimate of drug-likeness (QED) is 0.736. The highest BCUT2D eigenvalue weighted by molar-refractivity contribution is 7.13. The molecule has 0 saturated heterocycles. The maximum Gasteiger partial charge on any atom is 0.147 e. The van der Waals surface area contributed by atoms with Crippen LogP contribution in [0.25, 0.3) is 10.7 Å². The number of rotatable bonds is 1. The van der Waals surface area contributed by atoms with Gasteiger partial charge in [-0.1, -0.05) is 11.6 Å². The molecule has 1 N–H and O–H groups in total. The molecule has 0 radical (unpaired) electrons. The Balaban J connectivity index is 2.45. The van der Waals surface area contributed by atoms with Crippen LogP contribution < -0.4 is 0 Å². The largest absolute Gasteiger partial charge is 0.223 e. The highest BCUT2D eigenvalue weighted by Gasteiger charge is 2.04. The molecule has 0 spiro atoms. The smallest absolute Gasteiger partial charge is 0.147 e. The van der Waals surface area contributed by atoms with Crippen LogP contribution >= 0.6 is 22.9 Å². The van der Waals surface area contributed by atoms with E-state index in [1.165, 1.54) is 11.3 Å². The first-order valence-electron chi connectivity index (χ1n) is 2.83. The van der Waals surface area contributed by atoms with E-state index in [1.54, 1.807) is 11.6 Å². The van der Waals surface area contributed by atoms with Gasteiger partial charge in [0.2, 0.25) is 0 Å². The summed E-state index contributed by atoms with van der Waals surface area (Å²) in [5, 5.41) is 13.0. The van der Waals surface area contributed by atoms with Gasteiger partial charge in [0, 0.05) is 5.38 Å². The monoisotopic (exact) mass is 186 g/mol. The Hall–Kier alpha value is -0.940. The van der Waals surface area contributed by atoms with Crippen LogP contribution in [0.5, 0.6) is 0 Å². The van der Waals surface area contributed by atoms with Crippen molar-refractivity contribution in [1.82, 2.24) is 20.4 Å². The number of hydrogen-bond acceptors (Lipinski definition) is 4. The van der Waals surface area contributed by atoms with Gasteiger partial charge in [-0.25, -0.2) is 4.98 Å². The van der Waals surface area contributed by atoms with Crippen molar-refractivity contribution < 1.29 is 0 Å². The number of halogens is 1. The standard InChI is InChI=1S/C5H3ClN4S/c6-4-2-11-5(8-4)3-1-7-10-9-3/h1-2H,(H,7,9,10). The average Bonchev–Trinajstić information content (AvgIpc) is 2.55. The van der Waals surface area contributed by atoms with Gasteiger partial charge in [-0.15, -0.1) is 11.3 Å². The van der Waals surface area contributed by atoms with Gasteiger partial charge in [0.05, 0.1) is 6.20 Å². The molecule has 4 nitrogen and oxygen atoms in total. The van der Waals surface area contributed by atoms with Gasteiger partial charge < -0.3 is 0 Å². The molecule has 0 aliphatic rings. The summed E-state index contributed by atoms with van der Waals surface area (Å²) in [5.41, 5.74) is 0.724. The van der Waals surface area contributed by atoms with Gasteiger partial charge >= 0.3 is 0 Å². The van der Waals surface area contributed by atoms with Gasteiger partial charge in [-0.3, -0.25) is 0 Å². The van der Waals surface area contributed by atoms with E-state index in [9.17, 15) is 0 Å². The third-order valence-electron chi connectivity index (χ3n) is 1.11. The Labute approximate surface area is 71.2 Å². The van der Waals surface area contributed by atoms with Crippen molar-refractivity contribution in [2.24, 2.45) is 0 Å². The van der Waals surface area contributed by atoms with Gasteiger partial charge in [0.1, 0.15) is 15.9 Å². The minimum Gasteiger partial charge on any atom is -0.223 e. The summed E-state index contributed by atoms with van der Waals surface area (Å²) in [6.45, 7) is 0. The van der Waals surface area contributed by atoms with E-state index < -0.39 is 0 Å². The predicted octanol–water partition coefficient (Wildman–Crippen LogP) is 1.58. The molecule has 0 aliphatic heterocycles. The number of thiazole rings is 1. The SMILES string of the molecule is Clc1csc(-c2cn[nH]n2)n1. The van der Waals surface area contributed by atoms with Gasteiger partial charge in [0.25, 0.3) is 0 Å². The highest BCUT2D eigenvalue weighted by Crippen LogP contribution is 2.22. The summed E-state index contributed by atoms with van der Waals surface area (Å²) in [7, 11) is 0. The Morgan fingerprint density at radius 1 is 1.55 bits per heavy atom. The van der Waals surface area contributed by atoms with Gasteiger partial charge in [-0.05, 0) is 0 Å². The van der Waals surface area contributed by atoms with Crippen molar-refractivity contribution in [2.75, 3.05) is 0 Å². The Bertz CT molecular complexity index is 341. The van der Waals surface area contributed by atoms with E-state index in [0.717, 1.165) is 10.7 Å². The maximum atomic E-state index is 5.62. The molecule has 2 heterocycles. The fourth-order valence-corrected chi connectivity index (χ4v) is 1.58. The van der Waals surface area contributed by atoms with E-state index in [4.69, 9.17) is 11.6 Å². The van der Waals surface area contributed by atoms with E-state index in [1.807, 2.05) is 0 Å². The van der Waals surface area contributed by atoms with Crippen molar-refractivity contribution in [3.63, 3.8) is 0 Å². The van der Waals surface area contributed by atoms with Gasteiger partial charge in [0.15, 0.2) is 0 Å². The molecule has 6 heteroatoms. The molecule has 0 saturated carbocycles. The van der Waals surface area contributed by atoms with E-state index in [-0.39, 0.29) is 0 Å². The lowest BCUT2D eigenvalue weighted by Gasteiger charge is -1.81. The lowest BCUT2D eigenvalue weighted by molar-refractivity contribution is 0.941. The van der Waals surface area contributed by atoms with Crippen molar-refractivity contribution in [3.05, 3.63) is 16.7 Å². The molecule has 0 unspecified atom stereocenters. The number of hydrogen-bond donors (Lipinski definition) is 1. The summed E-state index contributed by atoms with van der Waals surface area (Å²) in [4.78, 5) is 4.01. The molecule has 0 aliphatic carbocycles. The number of aromatic amines is 1. The first-order chi connectivity index (χ1) is 5.36.